The van der Waals surface area contributed by atoms with Crippen LogP contribution in [-0.2, 0) is 37.1 Å². The molecule has 0 heterocycles. The number of rotatable bonds is 16. The topological polar surface area (TPSA) is 334 Å². The maximum atomic E-state index is 11.8. The zero-order chi connectivity index (χ0) is 27.3. The van der Waals surface area contributed by atoms with Gasteiger partial charge in [-0.05, 0) is 0 Å². The molecule has 0 aliphatic carbocycles. The van der Waals surface area contributed by atoms with E-state index in [1.807, 2.05) is 0 Å². The Morgan fingerprint density at radius 1 is 0.765 bits per heavy atom. The molecule has 0 saturated heterocycles. The van der Waals surface area contributed by atoms with Crippen LogP contribution < -0.4 is 5.90 Å². The Kier molecular flexibility index (Phi) is 17.5. The molecule has 204 valence electrons. The highest BCUT2D eigenvalue weighted by Gasteiger charge is 2.39. The molecular formula is C13H29NO18P2. The van der Waals surface area contributed by atoms with Crippen molar-refractivity contribution < 1.29 is 87.6 Å². The molecule has 0 radical (unpaired) electrons. The summed E-state index contributed by atoms with van der Waals surface area (Å²) in [5.41, 5.74) is 0. The number of carbonyl (C=O) groups excluding carboxylic acids is 2. The maximum Gasteiger partial charge on any atom is 0.473 e. The fraction of sp³-hybridized carbons (Fsp3) is 0.846. The Morgan fingerprint density at radius 2 is 1.18 bits per heavy atom. The summed E-state index contributed by atoms with van der Waals surface area (Å²) in [5.74, 6) is 4.35. The second-order valence-corrected chi connectivity index (χ2v) is 8.86. The number of hydrogen-bond donors (Lipinski definition) is 11. The molecule has 0 aliphatic rings. The second-order valence-electron chi connectivity index (χ2n) is 6.22. The van der Waals surface area contributed by atoms with Gasteiger partial charge in [-0.1, -0.05) is 0 Å². The van der Waals surface area contributed by atoms with Gasteiger partial charge in [0.2, 0.25) is 0 Å². The van der Waals surface area contributed by atoms with Crippen LogP contribution in [0.25, 0.3) is 0 Å². The van der Waals surface area contributed by atoms with E-state index in [0.29, 0.717) is 0 Å². The molecule has 0 aromatic heterocycles. The Hall–Kier alpha value is -0.800. The van der Waals surface area contributed by atoms with Crippen LogP contribution >= 0.6 is 15.6 Å². The maximum absolute atomic E-state index is 11.8. The van der Waals surface area contributed by atoms with Gasteiger partial charge in [0, 0.05) is 0 Å². The molecule has 21 heteroatoms. The fourth-order valence-electron chi connectivity index (χ4n) is 1.83. The Labute approximate surface area is 191 Å². The zero-order valence-electron chi connectivity index (χ0n) is 17.4. The highest BCUT2D eigenvalue weighted by atomic mass is 31.2. The minimum Gasteiger partial charge on any atom is -0.388 e. The first-order valence-corrected chi connectivity index (χ1v) is 11.8. The Balaban J connectivity index is 0. The molecule has 0 amide bonds. The standard InChI is InChI=1S/C12H24O17P2.CH5NO/c13-1-5(15)9(18)10(19)7(17)4-28-31(25,26)29-8(2-14)12(21)11(20)6(16)3-27-30(22,23)24;1-3-2/h1-2,5-12,15-21H,3-4H2,(H,25,26)(H2,22,23,24);2H2,1H3/t5-,6+,7+,8-,9+,10-,11-,12+;/m0./s1. The van der Waals surface area contributed by atoms with Crippen LogP contribution in [0.1, 0.15) is 0 Å². The monoisotopic (exact) mass is 549 g/mol. The lowest BCUT2D eigenvalue weighted by molar-refractivity contribution is -0.139. The lowest BCUT2D eigenvalue weighted by Crippen LogP contribution is -2.47. The summed E-state index contributed by atoms with van der Waals surface area (Å²) < 4.78 is 34.8. The van der Waals surface area contributed by atoms with Crippen LogP contribution in [0.2, 0.25) is 0 Å². The quantitative estimate of drug-likeness (QED) is 0.0484. The first-order valence-electron chi connectivity index (χ1n) is 8.73. The SMILES string of the molecule is CON.O=C[C@H](OP(=O)(O)OC[C@@H](O)[C@H](O)[C@H](O)[C@@H](O)C=O)[C@@H](O)[C@@H](O)[C@H](O)COP(=O)(O)O. The summed E-state index contributed by atoms with van der Waals surface area (Å²) in [6, 6.07) is 0. The smallest absolute Gasteiger partial charge is 0.388 e. The van der Waals surface area contributed by atoms with Crippen molar-refractivity contribution in [2.45, 2.75) is 48.8 Å². The van der Waals surface area contributed by atoms with Crippen LogP contribution in [0.15, 0.2) is 0 Å². The van der Waals surface area contributed by atoms with Gasteiger partial charge < -0.3 is 64.9 Å². The van der Waals surface area contributed by atoms with Crippen molar-refractivity contribution >= 4 is 28.2 Å². The number of aliphatic hydroxyl groups is 7. The molecular weight excluding hydrogens is 520 g/mol. The fourth-order valence-corrected chi connectivity index (χ4v) is 3.06. The molecule has 1 unspecified atom stereocenters. The summed E-state index contributed by atoms with van der Waals surface area (Å²) in [4.78, 5) is 51.6. The van der Waals surface area contributed by atoms with Crippen LogP contribution in [0, 0.1) is 0 Å². The van der Waals surface area contributed by atoms with E-state index in [9.17, 15) is 54.3 Å². The van der Waals surface area contributed by atoms with Crippen molar-refractivity contribution in [1.82, 2.24) is 0 Å². The molecule has 0 saturated carbocycles. The van der Waals surface area contributed by atoms with Crippen LogP contribution in [0.5, 0.6) is 0 Å². The Morgan fingerprint density at radius 3 is 1.56 bits per heavy atom. The van der Waals surface area contributed by atoms with Gasteiger partial charge in [-0.25, -0.2) is 15.0 Å². The van der Waals surface area contributed by atoms with Crippen LogP contribution in [0.3, 0.4) is 0 Å². The van der Waals surface area contributed by atoms with E-state index in [-0.39, 0.29) is 12.6 Å². The van der Waals surface area contributed by atoms with E-state index in [1.165, 1.54) is 7.11 Å². The van der Waals surface area contributed by atoms with Gasteiger partial charge in [-0.2, -0.15) is 0 Å². The third-order valence-corrected chi connectivity index (χ3v) is 5.00. The number of phosphoric acid groups is 2. The number of carbonyl (C=O) groups is 2. The molecule has 19 nitrogen and oxygen atoms in total. The van der Waals surface area contributed by atoms with Crippen molar-refractivity contribution in [3.63, 3.8) is 0 Å². The average molecular weight is 549 g/mol. The molecule has 0 aliphatic heterocycles. The van der Waals surface area contributed by atoms with Crippen molar-refractivity contribution in [1.29, 1.82) is 0 Å². The molecule has 9 atom stereocenters. The summed E-state index contributed by atoms with van der Waals surface area (Å²) in [5, 5.41) is 66.4. The molecule has 34 heavy (non-hydrogen) atoms. The van der Waals surface area contributed by atoms with Gasteiger partial charge in [0.25, 0.3) is 0 Å². The number of aliphatic hydroxyl groups excluding tert-OH is 7. The van der Waals surface area contributed by atoms with E-state index in [2.05, 4.69) is 24.3 Å². The molecule has 0 aromatic rings. The average Bonchev–Trinajstić information content (AvgIpc) is 2.76. The molecule has 12 N–H and O–H groups in total. The third-order valence-electron chi connectivity index (χ3n) is 3.53. The molecule has 0 rings (SSSR count). The lowest BCUT2D eigenvalue weighted by atomic mass is 10.0. The van der Waals surface area contributed by atoms with Gasteiger partial charge in [-0.15, -0.1) is 0 Å². The van der Waals surface area contributed by atoms with Crippen molar-refractivity contribution in [2.75, 3.05) is 20.3 Å². The lowest BCUT2D eigenvalue weighted by Gasteiger charge is -2.28. The van der Waals surface area contributed by atoms with Gasteiger partial charge in [-0.3, -0.25) is 13.6 Å². The third kappa shape index (κ3) is 14.6. The summed E-state index contributed by atoms with van der Waals surface area (Å²) in [7, 11) is -8.96. The highest BCUT2D eigenvalue weighted by Crippen LogP contribution is 2.45. The predicted octanol–water partition coefficient (Wildman–Crippen LogP) is -5.97. The van der Waals surface area contributed by atoms with Gasteiger partial charge in [0.05, 0.1) is 20.3 Å². The summed E-state index contributed by atoms with van der Waals surface area (Å²) >= 11 is 0. The zero-order valence-corrected chi connectivity index (χ0v) is 19.2. The molecule has 0 fully saturated rings. The molecule has 0 aromatic carbocycles. The second kappa shape index (κ2) is 16.8. The largest absolute Gasteiger partial charge is 0.473 e. The van der Waals surface area contributed by atoms with Crippen molar-refractivity contribution in [2.24, 2.45) is 5.90 Å². The Bertz CT molecular complexity index is 676. The number of phosphoric ester groups is 2. The first kappa shape index (κ1) is 35.4. The van der Waals surface area contributed by atoms with E-state index < -0.39 is 77.7 Å². The van der Waals surface area contributed by atoms with E-state index >= 15 is 0 Å². The minimum atomic E-state index is -5.31. The number of hydrogen-bond acceptors (Lipinski definition) is 16. The summed E-state index contributed by atoms with van der Waals surface area (Å²) in [6.45, 7) is -2.46. The normalized spacial score (nSPS) is 20.8. The summed E-state index contributed by atoms with van der Waals surface area (Å²) in [6.07, 6.45) is -18.5. The number of aldehydes is 2. The van der Waals surface area contributed by atoms with E-state index in [0.717, 1.165) is 0 Å². The van der Waals surface area contributed by atoms with Crippen molar-refractivity contribution in [3.05, 3.63) is 0 Å². The number of nitrogens with two attached hydrogens (primary N) is 1. The van der Waals surface area contributed by atoms with Crippen LogP contribution in [-0.4, -0.2) is 132 Å². The van der Waals surface area contributed by atoms with E-state index in [1.54, 1.807) is 0 Å². The highest BCUT2D eigenvalue weighted by molar-refractivity contribution is 7.47. The molecule has 0 spiro atoms. The van der Waals surface area contributed by atoms with Gasteiger partial charge in [0.15, 0.2) is 18.7 Å². The van der Waals surface area contributed by atoms with Gasteiger partial charge in [0.1, 0.15) is 42.7 Å². The van der Waals surface area contributed by atoms with Crippen LogP contribution in [0.4, 0.5) is 0 Å². The minimum absolute atomic E-state index is 0.164. The molecule has 0 bridgehead atoms. The first-order chi connectivity index (χ1) is 15.5. The predicted molar refractivity (Wildman–Crippen MR) is 104 cm³/mol. The van der Waals surface area contributed by atoms with Crippen molar-refractivity contribution in [3.8, 4) is 0 Å². The van der Waals surface area contributed by atoms with Gasteiger partial charge >= 0.3 is 15.6 Å². The van der Waals surface area contributed by atoms with E-state index in [4.69, 9.17) is 14.9 Å².